The van der Waals surface area contributed by atoms with E-state index in [1.54, 1.807) is 15.9 Å². The third kappa shape index (κ3) is 4.09. The van der Waals surface area contributed by atoms with E-state index >= 15 is 0 Å². The molecule has 3 amide bonds. The molecule has 148 valence electrons. The summed E-state index contributed by atoms with van der Waals surface area (Å²) in [6.45, 7) is 1.71. The van der Waals surface area contributed by atoms with Crippen molar-refractivity contribution in [1.82, 2.24) is 4.90 Å². The van der Waals surface area contributed by atoms with Gasteiger partial charge in [-0.25, -0.2) is 4.79 Å². The standard InChI is InChI=1S/C23H24N4O2/c24-15-18-6-1-2-7-19(18)16-26-12-5-13-27(23(26)29)21-11-4-10-20(14-21)25-22(28)17-8-3-9-17/h1-2,4,6-7,10-11,14,17H,3,5,8-9,12-13,16H2,(H,25,28). The Morgan fingerprint density at radius 2 is 1.93 bits per heavy atom. The molecule has 2 fully saturated rings. The number of benzene rings is 2. The Morgan fingerprint density at radius 3 is 2.69 bits per heavy atom. The van der Waals surface area contributed by atoms with Crippen LogP contribution in [0.2, 0.25) is 0 Å². The Morgan fingerprint density at radius 1 is 1.10 bits per heavy atom. The lowest BCUT2D eigenvalue weighted by molar-refractivity contribution is -0.122. The second-order valence-electron chi connectivity index (χ2n) is 7.65. The van der Waals surface area contributed by atoms with Crippen LogP contribution in [-0.4, -0.2) is 29.9 Å². The first-order valence-corrected chi connectivity index (χ1v) is 10.1. The van der Waals surface area contributed by atoms with Gasteiger partial charge in [0, 0.05) is 36.9 Å². The van der Waals surface area contributed by atoms with Crippen LogP contribution in [0.3, 0.4) is 0 Å². The molecule has 0 spiro atoms. The lowest BCUT2D eigenvalue weighted by Gasteiger charge is -2.36. The molecule has 0 unspecified atom stereocenters. The molecule has 1 saturated carbocycles. The molecule has 4 rings (SSSR count). The topological polar surface area (TPSA) is 76.4 Å². The van der Waals surface area contributed by atoms with Crippen LogP contribution in [0.4, 0.5) is 16.2 Å². The molecule has 1 heterocycles. The van der Waals surface area contributed by atoms with Crippen molar-refractivity contribution < 1.29 is 9.59 Å². The van der Waals surface area contributed by atoms with Gasteiger partial charge in [0.15, 0.2) is 0 Å². The minimum absolute atomic E-state index is 0.0631. The highest BCUT2D eigenvalue weighted by Crippen LogP contribution is 2.29. The summed E-state index contributed by atoms with van der Waals surface area (Å²) in [5.41, 5.74) is 2.95. The van der Waals surface area contributed by atoms with Gasteiger partial charge < -0.3 is 10.2 Å². The number of hydrogen-bond donors (Lipinski definition) is 1. The van der Waals surface area contributed by atoms with Gasteiger partial charge >= 0.3 is 6.03 Å². The van der Waals surface area contributed by atoms with Crippen LogP contribution in [0, 0.1) is 17.2 Å². The van der Waals surface area contributed by atoms with Crippen LogP contribution >= 0.6 is 0 Å². The van der Waals surface area contributed by atoms with Gasteiger partial charge in [-0.1, -0.05) is 30.7 Å². The van der Waals surface area contributed by atoms with Crippen molar-refractivity contribution in [3.05, 3.63) is 59.7 Å². The largest absolute Gasteiger partial charge is 0.326 e. The number of amides is 3. The van der Waals surface area contributed by atoms with E-state index in [2.05, 4.69) is 11.4 Å². The molecule has 0 atom stereocenters. The van der Waals surface area contributed by atoms with Gasteiger partial charge in [0.1, 0.15) is 0 Å². The van der Waals surface area contributed by atoms with E-state index in [0.29, 0.717) is 25.2 Å². The lowest BCUT2D eigenvalue weighted by Crippen LogP contribution is -2.49. The van der Waals surface area contributed by atoms with Gasteiger partial charge in [-0.2, -0.15) is 5.26 Å². The van der Waals surface area contributed by atoms with Gasteiger partial charge in [0.2, 0.25) is 5.91 Å². The summed E-state index contributed by atoms with van der Waals surface area (Å²) in [4.78, 5) is 28.9. The SMILES string of the molecule is N#Cc1ccccc1CN1CCCN(c2cccc(NC(=O)C3CCC3)c2)C1=O. The minimum atomic E-state index is -0.0773. The summed E-state index contributed by atoms with van der Waals surface area (Å²) in [6, 6.07) is 17.0. The van der Waals surface area contributed by atoms with Gasteiger partial charge in [-0.3, -0.25) is 9.69 Å². The number of nitriles is 1. The Labute approximate surface area is 170 Å². The maximum absolute atomic E-state index is 13.1. The zero-order valence-corrected chi connectivity index (χ0v) is 16.3. The van der Waals surface area contributed by atoms with Crippen molar-refractivity contribution >= 4 is 23.3 Å². The molecule has 0 aromatic heterocycles. The van der Waals surface area contributed by atoms with E-state index in [-0.39, 0.29) is 17.9 Å². The van der Waals surface area contributed by atoms with E-state index < -0.39 is 0 Å². The highest BCUT2D eigenvalue weighted by molar-refractivity contribution is 5.96. The van der Waals surface area contributed by atoms with Crippen molar-refractivity contribution in [2.75, 3.05) is 23.3 Å². The quantitative estimate of drug-likeness (QED) is 0.837. The molecule has 1 saturated heterocycles. The molecular formula is C23H24N4O2. The van der Waals surface area contributed by atoms with Crippen molar-refractivity contribution in [1.29, 1.82) is 5.26 Å². The predicted molar refractivity (Wildman–Crippen MR) is 111 cm³/mol. The summed E-state index contributed by atoms with van der Waals surface area (Å²) in [7, 11) is 0. The van der Waals surface area contributed by atoms with Crippen LogP contribution in [-0.2, 0) is 11.3 Å². The molecule has 1 aliphatic carbocycles. The third-order valence-electron chi connectivity index (χ3n) is 5.71. The molecule has 1 N–H and O–H groups in total. The van der Waals surface area contributed by atoms with E-state index in [0.717, 1.165) is 42.6 Å². The minimum Gasteiger partial charge on any atom is -0.326 e. The average Bonchev–Trinajstić information content (AvgIpc) is 2.69. The normalized spacial score (nSPS) is 16.9. The first kappa shape index (κ1) is 19.0. The van der Waals surface area contributed by atoms with Crippen molar-refractivity contribution in [2.24, 2.45) is 5.92 Å². The lowest BCUT2D eigenvalue weighted by atomic mass is 9.85. The smallest absolute Gasteiger partial charge is 0.324 e. The predicted octanol–water partition coefficient (Wildman–Crippen LogP) is 4.13. The number of nitrogens with zero attached hydrogens (tertiary/aromatic N) is 3. The van der Waals surface area contributed by atoms with Gasteiger partial charge in [-0.05, 0) is 49.1 Å². The number of carbonyl (C=O) groups is 2. The van der Waals surface area contributed by atoms with E-state index in [4.69, 9.17) is 0 Å². The van der Waals surface area contributed by atoms with Crippen LogP contribution in [0.15, 0.2) is 48.5 Å². The Bertz CT molecular complexity index is 961. The van der Waals surface area contributed by atoms with Gasteiger partial charge in [-0.15, -0.1) is 0 Å². The molecule has 6 heteroatoms. The van der Waals surface area contributed by atoms with Crippen molar-refractivity contribution in [3.63, 3.8) is 0 Å². The summed E-state index contributed by atoms with van der Waals surface area (Å²) in [5, 5.41) is 12.3. The molecule has 29 heavy (non-hydrogen) atoms. The summed E-state index contributed by atoms with van der Waals surface area (Å²) >= 11 is 0. The van der Waals surface area contributed by atoms with Crippen molar-refractivity contribution in [3.8, 4) is 6.07 Å². The fourth-order valence-electron chi connectivity index (χ4n) is 3.81. The first-order chi connectivity index (χ1) is 14.2. The Hall–Kier alpha value is -3.33. The Kier molecular flexibility index (Phi) is 5.48. The molecule has 1 aliphatic heterocycles. The summed E-state index contributed by atoms with van der Waals surface area (Å²) in [5.74, 6) is 0.180. The highest BCUT2D eigenvalue weighted by Gasteiger charge is 2.28. The fourth-order valence-corrected chi connectivity index (χ4v) is 3.81. The maximum atomic E-state index is 13.1. The second-order valence-corrected chi connectivity index (χ2v) is 7.65. The number of carbonyl (C=O) groups excluding carboxylic acids is 2. The Balaban J connectivity index is 1.48. The average molecular weight is 388 g/mol. The second kappa shape index (κ2) is 8.36. The van der Waals surface area contributed by atoms with Crippen LogP contribution < -0.4 is 10.2 Å². The number of hydrogen-bond acceptors (Lipinski definition) is 3. The van der Waals surface area contributed by atoms with Crippen LogP contribution in [0.25, 0.3) is 0 Å². The first-order valence-electron chi connectivity index (χ1n) is 10.1. The zero-order chi connectivity index (χ0) is 20.2. The molecule has 0 bridgehead atoms. The number of rotatable bonds is 5. The fraction of sp³-hybridized carbons (Fsp3) is 0.348. The van der Waals surface area contributed by atoms with Gasteiger partial charge in [0.05, 0.1) is 11.6 Å². The van der Waals surface area contributed by atoms with E-state index in [1.807, 2.05) is 42.5 Å². The van der Waals surface area contributed by atoms with E-state index in [9.17, 15) is 14.9 Å². The summed E-state index contributed by atoms with van der Waals surface area (Å²) in [6.07, 6.45) is 3.87. The monoisotopic (exact) mass is 388 g/mol. The summed E-state index contributed by atoms with van der Waals surface area (Å²) < 4.78 is 0. The maximum Gasteiger partial charge on any atom is 0.324 e. The number of nitrogens with one attached hydrogen (secondary N) is 1. The van der Waals surface area contributed by atoms with Crippen LogP contribution in [0.1, 0.15) is 36.8 Å². The molecule has 2 aromatic rings. The molecule has 2 aromatic carbocycles. The van der Waals surface area contributed by atoms with Gasteiger partial charge in [0.25, 0.3) is 0 Å². The van der Waals surface area contributed by atoms with E-state index in [1.165, 1.54) is 0 Å². The number of anilines is 2. The van der Waals surface area contributed by atoms with Crippen LogP contribution in [0.5, 0.6) is 0 Å². The molecule has 0 radical (unpaired) electrons. The van der Waals surface area contributed by atoms with Crippen molar-refractivity contribution in [2.45, 2.75) is 32.2 Å². The molecule has 2 aliphatic rings. The number of urea groups is 1. The molecule has 6 nitrogen and oxygen atoms in total. The zero-order valence-electron chi connectivity index (χ0n) is 16.3. The highest BCUT2D eigenvalue weighted by atomic mass is 16.2. The third-order valence-corrected chi connectivity index (χ3v) is 5.71. The molecular weight excluding hydrogens is 364 g/mol.